The number of para-hydroxylation sites is 1. The number of fused-ring (bicyclic) bond motifs is 2. The largest absolute Gasteiger partial charge is 0.490 e. The molecule has 9 heteroatoms. The number of carboxylic acids is 1. The quantitative estimate of drug-likeness (QED) is 0.606. The average Bonchev–Trinajstić information content (AvgIpc) is 3.11. The third-order valence-electron chi connectivity index (χ3n) is 5.51. The van der Waals surface area contributed by atoms with Crippen molar-refractivity contribution in [3.05, 3.63) is 54.6 Å². The van der Waals surface area contributed by atoms with Crippen LogP contribution in [0.25, 0.3) is 11.1 Å². The van der Waals surface area contributed by atoms with Gasteiger partial charge >= 0.3 is 18.2 Å². The molecule has 2 aromatic rings. The normalized spacial score (nSPS) is 21.8. The molecule has 2 aliphatic heterocycles. The first-order valence-electron chi connectivity index (χ1n) is 10.4. The van der Waals surface area contributed by atoms with Crippen LogP contribution in [0.15, 0.2) is 54.6 Å². The summed E-state index contributed by atoms with van der Waals surface area (Å²) in [6.07, 6.45) is -0.695. The van der Waals surface area contributed by atoms with E-state index < -0.39 is 12.1 Å². The Morgan fingerprint density at radius 3 is 2.16 bits per heavy atom. The molecule has 0 spiro atoms. The minimum Gasteiger partial charge on any atom is -0.475 e. The van der Waals surface area contributed by atoms with Gasteiger partial charge in [0.2, 0.25) is 0 Å². The van der Waals surface area contributed by atoms with Gasteiger partial charge in [-0.25, -0.2) is 9.59 Å². The van der Waals surface area contributed by atoms with E-state index in [4.69, 9.17) is 14.6 Å². The fourth-order valence-electron chi connectivity index (χ4n) is 4.11. The number of carbonyl (C=O) groups is 2. The topological polar surface area (TPSA) is 87.7 Å². The molecule has 2 bridgehead atoms. The summed E-state index contributed by atoms with van der Waals surface area (Å²) in [4.78, 5) is 21.2. The maximum Gasteiger partial charge on any atom is 0.490 e. The van der Waals surface area contributed by atoms with Crippen LogP contribution in [-0.4, -0.2) is 42.0 Å². The monoisotopic (exact) mass is 450 g/mol. The van der Waals surface area contributed by atoms with E-state index in [1.807, 2.05) is 54.6 Å². The number of hydrogen-bond donors (Lipinski definition) is 3. The predicted molar refractivity (Wildman–Crippen MR) is 113 cm³/mol. The Morgan fingerprint density at radius 1 is 1.00 bits per heavy atom. The smallest absolute Gasteiger partial charge is 0.475 e. The minimum atomic E-state index is -5.08. The maximum absolute atomic E-state index is 12.3. The van der Waals surface area contributed by atoms with Crippen molar-refractivity contribution in [2.75, 3.05) is 11.9 Å². The lowest BCUT2D eigenvalue weighted by Gasteiger charge is -2.28. The molecule has 0 radical (unpaired) electrons. The van der Waals surface area contributed by atoms with Crippen molar-refractivity contribution >= 4 is 17.7 Å². The Labute approximate surface area is 183 Å². The Bertz CT molecular complexity index is 909. The number of halogens is 3. The molecule has 0 saturated carbocycles. The zero-order chi connectivity index (χ0) is 23.1. The van der Waals surface area contributed by atoms with Gasteiger partial charge in [0, 0.05) is 17.6 Å². The number of aliphatic carboxylic acids is 1. The second-order valence-corrected chi connectivity index (χ2v) is 7.91. The first-order valence-corrected chi connectivity index (χ1v) is 10.4. The first-order chi connectivity index (χ1) is 15.2. The Morgan fingerprint density at radius 2 is 1.56 bits per heavy atom. The molecule has 2 unspecified atom stereocenters. The second kappa shape index (κ2) is 10.5. The molecule has 3 N–H and O–H groups in total. The SMILES string of the molecule is O=C(Nc1ccccc1-c1ccccc1)OCC1CC2CCC(C1)N2.O=C(O)C(F)(F)F. The lowest BCUT2D eigenvalue weighted by atomic mass is 9.93. The lowest BCUT2D eigenvalue weighted by molar-refractivity contribution is -0.192. The lowest BCUT2D eigenvalue weighted by Crippen LogP contribution is -2.39. The number of anilines is 1. The second-order valence-electron chi connectivity index (χ2n) is 7.91. The third-order valence-corrected chi connectivity index (χ3v) is 5.51. The van der Waals surface area contributed by atoms with Gasteiger partial charge in [-0.15, -0.1) is 0 Å². The number of nitrogens with one attached hydrogen (secondary N) is 2. The van der Waals surface area contributed by atoms with E-state index in [-0.39, 0.29) is 6.09 Å². The van der Waals surface area contributed by atoms with E-state index in [2.05, 4.69) is 10.6 Å². The highest BCUT2D eigenvalue weighted by Gasteiger charge is 2.38. The van der Waals surface area contributed by atoms with Crippen LogP contribution in [0.5, 0.6) is 0 Å². The van der Waals surface area contributed by atoms with Crippen LogP contribution in [0.4, 0.5) is 23.7 Å². The number of piperidine rings is 1. The average molecular weight is 450 g/mol. The summed E-state index contributed by atoms with van der Waals surface area (Å²) in [6, 6.07) is 19.1. The number of amides is 1. The fraction of sp³-hybridized carbons (Fsp3) is 0.391. The van der Waals surface area contributed by atoms with Crippen molar-refractivity contribution in [1.82, 2.24) is 5.32 Å². The number of alkyl halides is 3. The molecule has 6 nitrogen and oxygen atoms in total. The summed E-state index contributed by atoms with van der Waals surface area (Å²) in [5.41, 5.74) is 2.86. The summed E-state index contributed by atoms with van der Waals surface area (Å²) in [6.45, 7) is 0.508. The highest BCUT2D eigenvalue weighted by molar-refractivity contribution is 5.91. The molecule has 2 atom stereocenters. The Balaban J connectivity index is 0.000000360. The molecule has 32 heavy (non-hydrogen) atoms. The molecule has 172 valence electrons. The van der Waals surface area contributed by atoms with Gasteiger partial charge in [-0.3, -0.25) is 5.32 Å². The molecular weight excluding hydrogens is 425 g/mol. The minimum absolute atomic E-state index is 0.366. The number of carboxylic acid groups (broad SMARTS) is 1. The first kappa shape index (κ1) is 23.6. The van der Waals surface area contributed by atoms with Gasteiger partial charge in [-0.1, -0.05) is 48.5 Å². The van der Waals surface area contributed by atoms with Crippen molar-refractivity contribution in [2.45, 2.75) is 43.9 Å². The van der Waals surface area contributed by atoms with Crippen LogP contribution in [-0.2, 0) is 9.53 Å². The summed E-state index contributed by atoms with van der Waals surface area (Å²) in [5.74, 6) is -2.28. The van der Waals surface area contributed by atoms with Crippen LogP contribution >= 0.6 is 0 Å². The van der Waals surface area contributed by atoms with Crippen LogP contribution in [0.1, 0.15) is 25.7 Å². The molecule has 2 aromatic carbocycles. The summed E-state index contributed by atoms with van der Waals surface area (Å²) < 4.78 is 37.3. The van der Waals surface area contributed by atoms with Crippen LogP contribution in [0.3, 0.4) is 0 Å². The van der Waals surface area contributed by atoms with Gasteiger partial charge in [0.25, 0.3) is 0 Å². The van der Waals surface area contributed by atoms with E-state index in [0.717, 1.165) is 29.7 Å². The van der Waals surface area contributed by atoms with E-state index in [1.165, 1.54) is 12.8 Å². The number of hydrogen-bond acceptors (Lipinski definition) is 4. The Kier molecular flexibility index (Phi) is 7.74. The predicted octanol–water partition coefficient (Wildman–Crippen LogP) is 5.07. The van der Waals surface area contributed by atoms with Crippen LogP contribution in [0, 0.1) is 5.92 Å². The molecule has 2 aliphatic rings. The highest BCUT2D eigenvalue weighted by atomic mass is 19.4. The molecular formula is C23H25F3N2O4. The summed E-state index contributed by atoms with van der Waals surface area (Å²) in [5, 5.41) is 13.7. The summed E-state index contributed by atoms with van der Waals surface area (Å²) in [7, 11) is 0. The zero-order valence-corrected chi connectivity index (χ0v) is 17.3. The van der Waals surface area contributed by atoms with Gasteiger partial charge in [0.05, 0.1) is 12.3 Å². The van der Waals surface area contributed by atoms with Crippen molar-refractivity contribution in [1.29, 1.82) is 0 Å². The zero-order valence-electron chi connectivity index (χ0n) is 17.3. The Hall–Kier alpha value is -3.07. The van der Waals surface area contributed by atoms with Gasteiger partial charge < -0.3 is 15.2 Å². The molecule has 1 amide bonds. The van der Waals surface area contributed by atoms with Crippen molar-refractivity contribution < 1.29 is 32.6 Å². The maximum atomic E-state index is 12.3. The molecule has 0 aliphatic carbocycles. The fourth-order valence-corrected chi connectivity index (χ4v) is 4.11. The van der Waals surface area contributed by atoms with E-state index in [1.54, 1.807) is 0 Å². The van der Waals surface area contributed by atoms with Crippen molar-refractivity contribution in [3.63, 3.8) is 0 Å². The van der Waals surface area contributed by atoms with Crippen LogP contribution < -0.4 is 10.6 Å². The molecule has 2 heterocycles. The van der Waals surface area contributed by atoms with E-state index >= 15 is 0 Å². The van der Waals surface area contributed by atoms with Gasteiger partial charge in [-0.05, 0) is 43.2 Å². The highest BCUT2D eigenvalue weighted by Crippen LogP contribution is 2.31. The van der Waals surface area contributed by atoms with E-state index in [0.29, 0.717) is 24.6 Å². The van der Waals surface area contributed by atoms with Gasteiger partial charge in [-0.2, -0.15) is 13.2 Å². The third kappa shape index (κ3) is 6.71. The molecule has 2 saturated heterocycles. The van der Waals surface area contributed by atoms with Crippen molar-refractivity contribution in [2.24, 2.45) is 5.92 Å². The number of ether oxygens (including phenoxy) is 1. The summed E-state index contributed by atoms with van der Waals surface area (Å²) >= 11 is 0. The van der Waals surface area contributed by atoms with Crippen LogP contribution in [0.2, 0.25) is 0 Å². The van der Waals surface area contributed by atoms with E-state index in [9.17, 15) is 18.0 Å². The molecule has 0 aromatic heterocycles. The van der Waals surface area contributed by atoms with Crippen molar-refractivity contribution in [3.8, 4) is 11.1 Å². The standard InChI is InChI=1S/C21H24N2O2.C2HF3O2/c24-21(25-14-15-12-17-10-11-18(13-15)22-17)23-20-9-5-4-8-19(20)16-6-2-1-3-7-16;3-2(4,5)1(6)7/h1-9,15,17-18,22H,10-14H2,(H,23,24);(H,6,7). The van der Waals surface area contributed by atoms with Gasteiger partial charge in [0.1, 0.15) is 0 Å². The number of carbonyl (C=O) groups excluding carboxylic acids is 1. The number of rotatable bonds is 4. The molecule has 2 fully saturated rings. The molecule has 4 rings (SSSR count). The number of benzene rings is 2. The van der Waals surface area contributed by atoms with Gasteiger partial charge in [0.15, 0.2) is 0 Å².